The highest BCUT2D eigenvalue weighted by atomic mass is 35.5. The van der Waals surface area contributed by atoms with Crippen LogP contribution in [0.15, 0.2) is 0 Å². The highest BCUT2D eigenvalue weighted by Crippen LogP contribution is 2.04. The maximum absolute atomic E-state index is 5.98. The maximum atomic E-state index is 5.98. The topological polar surface area (TPSA) is 12.0 Å². The van der Waals surface area contributed by atoms with Gasteiger partial charge < -0.3 is 5.32 Å². The molecule has 1 unspecified atom stereocenters. The van der Waals surface area contributed by atoms with Gasteiger partial charge in [-0.05, 0) is 43.9 Å². The molecule has 0 aliphatic rings. The molecule has 0 saturated carbocycles. The van der Waals surface area contributed by atoms with Crippen LogP contribution in [0.4, 0.5) is 0 Å². The molecule has 3 heteroatoms. The normalized spacial score (nSPS) is 13.2. The molecule has 0 aliphatic heterocycles. The molecule has 0 radical (unpaired) electrons. The fourth-order valence-corrected chi connectivity index (χ4v) is 1.78. The van der Waals surface area contributed by atoms with E-state index in [1.807, 2.05) is 11.8 Å². The van der Waals surface area contributed by atoms with E-state index in [2.05, 4.69) is 19.2 Å². The van der Waals surface area contributed by atoms with Crippen molar-refractivity contribution in [1.29, 1.82) is 0 Å². The van der Waals surface area contributed by atoms with Crippen LogP contribution in [-0.2, 0) is 0 Å². The second kappa shape index (κ2) is 10.7. The fourth-order valence-electron chi connectivity index (χ4n) is 1.03. The second-order valence-electron chi connectivity index (χ2n) is 3.09. The SMILES string of the molecule is CCSCCCNCCC(Cl)CC. The summed E-state index contributed by atoms with van der Waals surface area (Å²) in [4.78, 5) is 0. The van der Waals surface area contributed by atoms with E-state index >= 15 is 0 Å². The van der Waals surface area contributed by atoms with Crippen molar-refractivity contribution in [2.45, 2.75) is 38.5 Å². The van der Waals surface area contributed by atoms with E-state index < -0.39 is 0 Å². The summed E-state index contributed by atoms with van der Waals surface area (Å²) < 4.78 is 0. The standard InChI is InChI=1S/C10H22ClNS/c1-3-10(11)6-8-12-7-5-9-13-4-2/h10,12H,3-9H2,1-2H3. The van der Waals surface area contributed by atoms with Crippen LogP contribution >= 0.6 is 23.4 Å². The molecule has 80 valence electrons. The van der Waals surface area contributed by atoms with Crippen molar-refractivity contribution in [2.75, 3.05) is 24.6 Å². The minimum atomic E-state index is 0.359. The monoisotopic (exact) mass is 223 g/mol. The quantitative estimate of drug-likeness (QED) is 0.476. The third-order valence-corrected chi connectivity index (χ3v) is 3.44. The van der Waals surface area contributed by atoms with Gasteiger partial charge in [-0.1, -0.05) is 13.8 Å². The molecule has 0 bridgehead atoms. The molecule has 0 amide bonds. The van der Waals surface area contributed by atoms with Crippen LogP contribution in [0, 0.1) is 0 Å². The van der Waals surface area contributed by atoms with E-state index in [9.17, 15) is 0 Å². The van der Waals surface area contributed by atoms with Crippen molar-refractivity contribution < 1.29 is 0 Å². The summed E-state index contributed by atoms with van der Waals surface area (Å²) in [5.41, 5.74) is 0. The Kier molecular flexibility index (Phi) is 11.2. The van der Waals surface area contributed by atoms with Crippen LogP contribution in [0.1, 0.15) is 33.1 Å². The molecule has 1 nitrogen and oxygen atoms in total. The van der Waals surface area contributed by atoms with Crippen LogP contribution in [0.25, 0.3) is 0 Å². The first kappa shape index (κ1) is 13.6. The summed E-state index contributed by atoms with van der Waals surface area (Å²) in [7, 11) is 0. The van der Waals surface area contributed by atoms with Crippen LogP contribution in [0.5, 0.6) is 0 Å². The zero-order valence-corrected chi connectivity index (χ0v) is 10.4. The van der Waals surface area contributed by atoms with Crippen molar-refractivity contribution in [1.82, 2.24) is 5.32 Å². The molecule has 0 aromatic carbocycles. The van der Waals surface area contributed by atoms with Crippen molar-refractivity contribution >= 4 is 23.4 Å². The van der Waals surface area contributed by atoms with Gasteiger partial charge in [-0.25, -0.2) is 0 Å². The van der Waals surface area contributed by atoms with Gasteiger partial charge >= 0.3 is 0 Å². The van der Waals surface area contributed by atoms with Gasteiger partial charge in [0.1, 0.15) is 0 Å². The van der Waals surface area contributed by atoms with Crippen LogP contribution in [-0.4, -0.2) is 30.0 Å². The number of rotatable bonds is 9. The summed E-state index contributed by atoms with van der Waals surface area (Å²) in [6.07, 6.45) is 3.45. The lowest BCUT2D eigenvalue weighted by molar-refractivity contribution is 0.617. The summed E-state index contributed by atoms with van der Waals surface area (Å²) in [5.74, 6) is 2.52. The third-order valence-electron chi connectivity index (χ3n) is 1.92. The smallest absolute Gasteiger partial charge is 0.0345 e. The molecule has 0 spiro atoms. The molecular weight excluding hydrogens is 202 g/mol. The maximum Gasteiger partial charge on any atom is 0.0345 e. The summed E-state index contributed by atoms with van der Waals surface area (Å²) in [5, 5.41) is 3.77. The van der Waals surface area contributed by atoms with Crippen LogP contribution in [0.2, 0.25) is 0 Å². The number of halogens is 1. The van der Waals surface area contributed by atoms with Gasteiger partial charge in [0, 0.05) is 5.38 Å². The molecule has 13 heavy (non-hydrogen) atoms. The van der Waals surface area contributed by atoms with E-state index in [4.69, 9.17) is 11.6 Å². The Morgan fingerprint density at radius 2 is 2.08 bits per heavy atom. The zero-order valence-electron chi connectivity index (χ0n) is 8.81. The largest absolute Gasteiger partial charge is 0.317 e. The summed E-state index contributed by atoms with van der Waals surface area (Å²) >= 11 is 7.99. The summed E-state index contributed by atoms with van der Waals surface area (Å²) in [6.45, 7) is 6.55. The van der Waals surface area contributed by atoms with E-state index in [0.29, 0.717) is 5.38 Å². The molecule has 0 saturated heterocycles. The molecule has 0 aromatic heterocycles. The van der Waals surface area contributed by atoms with Gasteiger partial charge in [0.2, 0.25) is 0 Å². The molecule has 0 aromatic rings. The lowest BCUT2D eigenvalue weighted by Crippen LogP contribution is -2.19. The molecular formula is C10H22ClNS. The Bertz CT molecular complexity index is 101. The molecule has 1 N–H and O–H groups in total. The molecule has 0 fully saturated rings. The Morgan fingerprint density at radius 3 is 2.69 bits per heavy atom. The van der Waals surface area contributed by atoms with Gasteiger partial charge in [-0.15, -0.1) is 11.6 Å². The first-order valence-corrected chi connectivity index (χ1v) is 6.82. The Morgan fingerprint density at radius 1 is 1.31 bits per heavy atom. The fraction of sp³-hybridized carbons (Fsp3) is 1.00. The number of alkyl halides is 1. The number of thioether (sulfide) groups is 1. The van der Waals surface area contributed by atoms with E-state index in [1.165, 1.54) is 17.9 Å². The van der Waals surface area contributed by atoms with Gasteiger partial charge in [0.05, 0.1) is 0 Å². The van der Waals surface area contributed by atoms with Crippen molar-refractivity contribution in [2.24, 2.45) is 0 Å². The van der Waals surface area contributed by atoms with Crippen LogP contribution in [0.3, 0.4) is 0 Å². The van der Waals surface area contributed by atoms with Gasteiger partial charge in [-0.2, -0.15) is 11.8 Å². The van der Waals surface area contributed by atoms with E-state index in [1.54, 1.807) is 0 Å². The van der Waals surface area contributed by atoms with E-state index in [-0.39, 0.29) is 0 Å². The number of hydrogen-bond donors (Lipinski definition) is 1. The van der Waals surface area contributed by atoms with E-state index in [0.717, 1.165) is 25.9 Å². The third kappa shape index (κ3) is 10.5. The first-order chi connectivity index (χ1) is 6.31. The van der Waals surface area contributed by atoms with Gasteiger partial charge in [0.25, 0.3) is 0 Å². The highest BCUT2D eigenvalue weighted by molar-refractivity contribution is 7.99. The first-order valence-electron chi connectivity index (χ1n) is 5.23. The average molecular weight is 224 g/mol. The average Bonchev–Trinajstić information content (AvgIpc) is 2.16. The minimum absolute atomic E-state index is 0.359. The van der Waals surface area contributed by atoms with Gasteiger partial charge in [0.15, 0.2) is 0 Å². The molecule has 0 aliphatic carbocycles. The zero-order chi connectivity index (χ0) is 9.94. The van der Waals surface area contributed by atoms with Crippen molar-refractivity contribution in [3.63, 3.8) is 0 Å². The Labute approximate surface area is 92.0 Å². The van der Waals surface area contributed by atoms with Gasteiger partial charge in [-0.3, -0.25) is 0 Å². The second-order valence-corrected chi connectivity index (χ2v) is 5.11. The Balaban J connectivity index is 2.91. The Hall–Kier alpha value is 0.600. The molecule has 0 rings (SSSR count). The summed E-state index contributed by atoms with van der Waals surface area (Å²) in [6, 6.07) is 0. The van der Waals surface area contributed by atoms with Crippen LogP contribution < -0.4 is 5.32 Å². The van der Waals surface area contributed by atoms with Crippen molar-refractivity contribution in [3.8, 4) is 0 Å². The lowest BCUT2D eigenvalue weighted by Gasteiger charge is -2.07. The number of hydrogen-bond acceptors (Lipinski definition) is 2. The number of nitrogens with one attached hydrogen (secondary N) is 1. The lowest BCUT2D eigenvalue weighted by atomic mass is 10.2. The highest BCUT2D eigenvalue weighted by Gasteiger charge is 1.99. The predicted octanol–water partition coefficient (Wildman–Crippen LogP) is 3.13. The predicted molar refractivity (Wildman–Crippen MR) is 65.0 cm³/mol. The molecule has 0 heterocycles. The molecule has 1 atom stereocenters. The van der Waals surface area contributed by atoms with Crippen molar-refractivity contribution in [3.05, 3.63) is 0 Å². The minimum Gasteiger partial charge on any atom is -0.317 e.